The molecule has 31 heavy (non-hydrogen) atoms. The van der Waals surface area contributed by atoms with E-state index in [0.717, 1.165) is 24.8 Å². The standard InChI is InChI=1S/C23H24ClN5O2/c1-26-12-15(11-25)21-22-19(10-20(28-21)14-5-7-16(24)8-6-14)23(31)29(13-27-22)17-3-2-4-18(30)9-17/h5-8,10-13,17-18,30H,2-4,9,25H2,1H3. The molecule has 0 amide bonds. The van der Waals surface area contributed by atoms with Crippen molar-refractivity contribution in [2.75, 3.05) is 7.05 Å². The molecule has 1 fully saturated rings. The third-order valence-corrected chi connectivity index (χ3v) is 5.89. The molecule has 2 aromatic heterocycles. The Labute approximate surface area is 184 Å². The Morgan fingerprint density at radius 2 is 2.10 bits per heavy atom. The molecule has 7 nitrogen and oxygen atoms in total. The molecule has 160 valence electrons. The number of hydrogen-bond donors (Lipinski definition) is 2. The van der Waals surface area contributed by atoms with E-state index in [2.05, 4.69) is 9.98 Å². The van der Waals surface area contributed by atoms with Gasteiger partial charge in [0.05, 0.1) is 23.5 Å². The van der Waals surface area contributed by atoms with Crippen LogP contribution in [-0.4, -0.2) is 39.0 Å². The minimum absolute atomic E-state index is 0.0783. The lowest BCUT2D eigenvalue weighted by Crippen LogP contribution is -2.30. The molecular weight excluding hydrogens is 414 g/mol. The second kappa shape index (κ2) is 8.99. The Bertz CT molecular complexity index is 1220. The minimum Gasteiger partial charge on any atom is -0.404 e. The van der Waals surface area contributed by atoms with Gasteiger partial charge in [-0.1, -0.05) is 23.7 Å². The van der Waals surface area contributed by atoms with E-state index in [1.54, 1.807) is 42.4 Å². The normalized spacial score (nSPS) is 19.9. The van der Waals surface area contributed by atoms with Crippen molar-refractivity contribution in [1.82, 2.24) is 14.5 Å². The number of aliphatic hydroxyl groups excluding tert-OH is 1. The molecular formula is C23H24ClN5O2. The fourth-order valence-corrected chi connectivity index (χ4v) is 4.21. The molecule has 1 aliphatic carbocycles. The smallest absolute Gasteiger partial charge is 0.261 e. The van der Waals surface area contributed by atoms with Gasteiger partial charge in [0, 0.05) is 41.7 Å². The number of aliphatic hydroxyl groups is 1. The molecule has 0 aliphatic heterocycles. The van der Waals surface area contributed by atoms with Crippen LogP contribution in [0.15, 0.2) is 52.6 Å². The first kappa shape index (κ1) is 21.2. The fourth-order valence-electron chi connectivity index (χ4n) is 4.09. The lowest BCUT2D eigenvalue weighted by Gasteiger charge is -2.27. The summed E-state index contributed by atoms with van der Waals surface area (Å²) in [5.74, 6) is 0. The van der Waals surface area contributed by atoms with Crippen LogP contribution < -0.4 is 11.3 Å². The Hall–Kier alpha value is -3.03. The Balaban J connectivity index is 1.96. The number of aromatic nitrogens is 3. The second-order valence-electron chi connectivity index (χ2n) is 7.70. The van der Waals surface area contributed by atoms with Crippen LogP contribution in [0.25, 0.3) is 27.7 Å². The van der Waals surface area contributed by atoms with Gasteiger partial charge in [-0.25, -0.2) is 9.97 Å². The molecule has 1 aliphatic rings. The summed E-state index contributed by atoms with van der Waals surface area (Å²) >= 11 is 6.04. The summed E-state index contributed by atoms with van der Waals surface area (Å²) in [4.78, 5) is 26.9. The van der Waals surface area contributed by atoms with Crippen LogP contribution in [-0.2, 0) is 0 Å². The van der Waals surface area contributed by atoms with Crippen molar-refractivity contribution in [1.29, 1.82) is 0 Å². The third-order valence-electron chi connectivity index (χ3n) is 5.64. The molecule has 2 heterocycles. The highest BCUT2D eigenvalue weighted by Crippen LogP contribution is 2.30. The number of benzene rings is 1. The number of hydrogen-bond acceptors (Lipinski definition) is 6. The number of nitrogens with two attached hydrogens (primary N) is 1. The highest BCUT2D eigenvalue weighted by molar-refractivity contribution is 6.30. The van der Waals surface area contributed by atoms with Gasteiger partial charge in [-0.2, -0.15) is 0 Å². The van der Waals surface area contributed by atoms with Gasteiger partial charge in [0.15, 0.2) is 0 Å². The molecule has 1 saturated carbocycles. The van der Waals surface area contributed by atoms with Gasteiger partial charge in [-0.3, -0.25) is 14.4 Å². The molecule has 8 heteroatoms. The predicted molar refractivity (Wildman–Crippen MR) is 124 cm³/mol. The van der Waals surface area contributed by atoms with Crippen LogP contribution in [0.3, 0.4) is 0 Å². The molecule has 0 radical (unpaired) electrons. The Morgan fingerprint density at radius 1 is 1.32 bits per heavy atom. The topological polar surface area (TPSA) is 106 Å². The van der Waals surface area contributed by atoms with Crippen molar-refractivity contribution < 1.29 is 5.11 Å². The quantitative estimate of drug-likeness (QED) is 0.606. The van der Waals surface area contributed by atoms with E-state index in [1.165, 1.54) is 6.20 Å². The van der Waals surface area contributed by atoms with E-state index < -0.39 is 6.10 Å². The second-order valence-corrected chi connectivity index (χ2v) is 8.14. The van der Waals surface area contributed by atoms with Crippen LogP contribution in [0.1, 0.15) is 37.4 Å². The Morgan fingerprint density at radius 3 is 2.77 bits per heavy atom. The van der Waals surface area contributed by atoms with E-state index in [9.17, 15) is 9.90 Å². The van der Waals surface area contributed by atoms with Crippen molar-refractivity contribution in [3.05, 3.63) is 63.9 Å². The van der Waals surface area contributed by atoms with E-state index in [-0.39, 0.29) is 11.6 Å². The predicted octanol–water partition coefficient (Wildman–Crippen LogP) is 3.59. The summed E-state index contributed by atoms with van der Waals surface area (Å²) < 4.78 is 1.64. The van der Waals surface area contributed by atoms with Gasteiger partial charge in [-0.05, 0) is 43.9 Å². The van der Waals surface area contributed by atoms with Crippen molar-refractivity contribution in [3.8, 4) is 11.3 Å². The number of halogens is 1. The molecule has 1 aromatic carbocycles. The SMILES string of the molecule is CN=CC(=CN)c1nc(-c2ccc(Cl)cc2)cc2c(=O)n(C3CCCC(O)C3)cnc12. The number of pyridine rings is 1. The average molecular weight is 438 g/mol. The summed E-state index contributed by atoms with van der Waals surface area (Å²) in [6, 6.07) is 8.94. The molecule has 3 N–H and O–H groups in total. The lowest BCUT2D eigenvalue weighted by molar-refractivity contribution is 0.103. The first-order valence-corrected chi connectivity index (χ1v) is 10.6. The van der Waals surface area contributed by atoms with Crippen LogP contribution in [0, 0.1) is 0 Å². The van der Waals surface area contributed by atoms with E-state index >= 15 is 0 Å². The molecule has 4 rings (SSSR count). The zero-order valence-corrected chi connectivity index (χ0v) is 18.0. The van der Waals surface area contributed by atoms with Gasteiger partial charge in [-0.15, -0.1) is 0 Å². The van der Waals surface area contributed by atoms with Gasteiger partial charge in [0.25, 0.3) is 5.56 Å². The molecule has 0 bridgehead atoms. The highest BCUT2D eigenvalue weighted by Gasteiger charge is 2.24. The summed E-state index contributed by atoms with van der Waals surface area (Å²) in [5, 5.41) is 11.1. The summed E-state index contributed by atoms with van der Waals surface area (Å²) in [5.41, 5.74) is 8.64. The third kappa shape index (κ3) is 4.24. The molecule has 3 aromatic rings. The van der Waals surface area contributed by atoms with Gasteiger partial charge in [0.2, 0.25) is 0 Å². The summed E-state index contributed by atoms with van der Waals surface area (Å²) in [6.45, 7) is 0. The van der Waals surface area contributed by atoms with Crippen molar-refractivity contribution in [2.45, 2.75) is 37.8 Å². The molecule has 2 atom stereocenters. The fraction of sp³-hybridized carbons (Fsp3) is 0.304. The lowest BCUT2D eigenvalue weighted by atomic mass is 9.93. The summed E-state index contributed by atoms with van der Waals surface area (Å²) in [6.07, 6.45) is 7.18. The van der Waals surface area contributed by atoms with Crippen LogP contribution >= 0.6 is 11.6 Å². The van der Waals surface area contributed by atoms with Crippen LogP contribution in [0.4, 0.5) is 0 Å². The summed E-state index contributed by atoms with van der Waals surface area (Å²) in [7, 11) is 1.64. The number of aliphatic imine (C=N–C) groups is 1. The van der Waals surface area contributed by atoms with E-state index in [0.29, 0.717) is 39.3 Å². The minimum atomic E-state index is -0.397. The number of fused-ring (bicyclic) bond motifs is 1. The van der Waals surface area contributed by atoms with Gasteiger partial charge >= 0.3 is 0 Å². The van der Waals surface area contributed by atoms with Crippen LogP contribution in [0.2, 0.25) is 5.02 Å². The first-order chi connectivity index (χ1) is 15.0. The number of allylic oxidation sites excluding steroid dienone is 1. The van der Waals surface area contributed by atoms with Crippen molar-refractivity contribution in [3.63, 3.8) is 0 Å². The van der Waals surface area contributed by atoms with E-state index in [1.807, 2.05) is 12.1 Å². The maximum atomic E-state index is 13.5. The van der Waals surface area contributed by atoms with Crippen molar-refractivity contribution in [2.24, 2.45) is 10.7 Å². The van der Waals surface area contributed by atoms with Crippen LogP contribution in [0.5, 0.6) is 0 Å². The number of rotatable bonds is 4. The highest BCUT2D eigenvalue weighted by atomic mass is 35.5. The molecule has 0 saturated heterocycles. The van der Waals surface area contributed by atoms with E-state index in [4.69, 9.17) is 22.3 Å². The maximum absolute atomic E-state index is 13.5. The van der Waals surface area contributed by atoms with Gasteiger partial charge in [0.1, 0.15) is 11.2 Å². The van der Waals surface area contributed by atoms with Gasteiger partial charge < -0.3 is 10.8 Å². The first-order valence-electron chi connectivity index (χ1n) is 10.2. The van der Waals surface area contributed by atoms with Crippen molar-refractivity contribution >= 4 is 34.3 Å². The zero-order chi connectivity index (χ0) is 22.0. The zero-order valence-electron chi connectivity index (χ0n) is 17.2. The largest absolute Gasteiger partial charge is 0.404 e. The molecule has 2 unspecified atom stereocenters. The molecule has 0 spiro atoms. The monoisotopic (exact) mass is 437 g/mol. The number of nitrogens with zero attached hydrogens (tertiary/aromatic N) is 4. The Kier molecular flexibility index (Phi) is 6.15. The average Bonchev–Trinajstić information content (AvgIpc) is 2.78. The maximum Gasteiger partial charge on any atom is 0.261 e.